The van der Waals surface area contributed by atoms with Gasteiger partial charge in [0.25, 0.3) is 0 Å². The van der Waals surface area contributed by atoms with Crippen molar-refractivity contribution >= 4 is 16.7 Å². The summed E-state index contributed by atoms with van der Waals surface area (Å²) in [4.78, 5) is 9.20. The van der Waals surface area contributed by atoms with Gasteiger partial charge >= 0.3 is 6.18 Å². The van der Waals surface area contributed by atoms with E-state index in [9.17, 15) is 22.7 Å². The zero-order valence-electron chi connectivity index (χ0n) is 18.9. The lowest BCUT2D eigenvalue weighted by molar-refractivity contribution is -0.266. The molecular formula is C24H29F4N3O. The van der Waals surface area contributed by atoms with E-state index in [2.05, 4.69) is 9.97 Å². The predicted octanol–water partition coefficient (Wildman–Crippen LogP) is 5.67. The fourth-order valence-corrected chi connectivity index (χ4v) is 4.27. The zero-order chi connectivity index (χ0) is 23.9. The highest BCUT2D eigenvalue weighted by molar-refractivity contribution is 5.82. The van der Waals surface area contributed by atoms with Crippen LogP contribution in [0.5, 0.6) is 0 Å². The number of halogens is 4. The summed E-state index contributed by atoms with van der Waals surface area (Å²) in [6, 6.07) is 7.46. The molecule has 1 atom stereocenters. The molecule has 0 radical (unpaired) electrons. The van der Waals surface area contributed by atoms with Crippen LogP contribution in [0.3, 0.4) is 0 Å². The second-order valence-corrected chi connectivity index (χ2v) is 9.16. The lowest BCUT2D eigenvalue weighted by Crippen LogP contribution is -2.51. The lowest BCUT2D eigenvalue weighted by atomic mass is 9.72. The van der Waals surface area contributed by atoms with Crippen LogP contribution >= 0.6 is 0 Å². The maximum atomic E-state index is 14.1. The number of hydrogen-bond acceptors (Lipinski definition) is 3. The summed E-state index contributed by atoms with van der Waals surface area (Å²) in [7, 11) is 1.88. The van der Waals surface area contributed by atoms with Crippen molar-refractivity contribution in [2.24, 2.45) is 0 Å². The fourth-order valence-electron chi connectivity index (χ4n) is 4.27. The standard InChI is InChI=1S/C24H29F4N3O/c1-6-31(5)21-10-16-9-18(30-20(16)13-29-21)12-23(32,24(26,27)28)14-22(3,4)19-11-17(25)8-7-15(19)2/h7-11,13,30,32H,6,12,14H2,1-5H3. The number of nitrogens with zero attached hydrogens (tertiary/aromatic N) is 2. The Bertz CT molecular complexity index is 1110. The molecule has 3 aromatic rings. The summed E-state index contributed by atoms with van der Waals surface area (Å²) in [6.45, 7) is 7.61. The van der Waals surface area contributed by atoms with Crippen molar-refractivity contribution in [3.8, 4) is 0 Å². The van der Waals surface area contributed by atoms with E-state index in [0.29, 0.717) is 22.5 Å². The van der Waals surface area contributed by atoms with Gasteiger partial charge in [-0.05, 0) is 61.1 Å². The number of aryl methyl sites for hydroxylation is 1. The first-order valence-electron chi connectivity index (χ1n) is 10.5. The Kier molecular flexibility index (Phi) is 6.30. The minimum atomic E-state index is -4.88. The van der Waals surface area contributed by atoms with Crippen molar-refractivity contribution in [2.45, 2.75) is 57.7 Å². The summed E-state index contributed by atoms with van der Waals surface area (Å²) in [5.74, 6) is 0.185. The van der Waals surface area contributed by atoms with Gasteiger partial charge in [0.1, 0.15) is 11.6 Å². The van der Waals surface area contributed by atoms with Crippen molar-refractivity contribution in [1.29, 1.82) is 0 Å². The van der Waals surface area contributed by atoms with E-state index in [-0.39, 0.29) is 5.69 Å². The predicted molar refractivity (Wildman–Crippen MR) is 119 cm³/mol. The van der Waals surface area contributed by atoms with Gasteiger partial charge in [-0.25, -0.2) is 9.37 Å². The molecule has 1 aromatic carbocycles. The summed E-state index contributed by atoms with van der Waals surface area (Å²) in [5.41, 5.74) is -2.17. The quantitative estimate of drug-likeness (QED) is 0.455. The molecule has 1 unspecified atom stereocenters. The van der Waals surface area contributed by atoms with Gasteiger partial charge in [0.15, 0.2) is 5.60 Å². The topological polar surface area (TPSA) is 52.1 Å². The number of pyridine rings is 1. The van der Waals surface area contributed by atoms with Gasteiger partial charge in [-0.15, -0.1) is 0 Å². The van der Waals surface area contributed by atoms with E-state index in [1.54, 1.807) is 39.1 Å². The first-order chi connectivity index (χ1) is 14.8. The Morgan fingerprint density at radius 1 is 1.12 bits per heavy atom. The van der Waals surface area contributed by atoms with Crippen LogP contribution in [0.2, 0.25) is 0 Å². The number of anilines is 1. The van der Waals surface area contributed by atoms with Crippen LogP contribution in [0.15, 0.2) is 36.5 Å². The number of hydrogen-bond donors (Lipinski definition) is 2. The van der Waals surface area contributed by atoms with Crippen LogP contribution in [0.4, 0.5) is 23.4 Å². The van der Waals surface area contributed by atoms with Gasteiger partial charge in [-0.2, -0.15) is 13.2 Å². The second-order valence-electron chi connectivity index (χ2n) is 9.16. The Morgan fingerprint density at radius 3 is 2.44 bits per heavy atom. The molecule has 0 spiro atoms. The maximum Gasteiger partial charge on any atom is 0.417 e. The molecule has 0 saturated carbocycles. The van der Waals surface area contributed by atoms with Crippen LogP contribution in [0, 0.1) is 12.7 Å². The van der Waals surface area contributed by atoms with Crippen molar-refractivity contribution in [3.63, 3.8) is 0 Å². The third-order valence-electron chi connectivity index (χ3n) is 6.09. The molecule has 0 aliphatic heterocycles. The Balaban J connectivity index is 1.96. The zero-order valence-corrected chi connectivity index (χ0v) is 18.9. The highest BCUT2D eigenvalue weighted by Gasteiger charge is 2.56. The van der Waals surface area contributed by atoms with E-state index in [1.807, 2.05) is 18.9 Å². The number of nitrogens with one attached hydrogen (secondary N) is 1. The first-order valence-corrected chi connectivity index (χ1v) is 10.5. The number of aromatic nitrogens is 2. The Morgan fingerprint density at radius 2 is 1.81 bits per heavy atom. The van der Waals surface area contributed by atoms with Gasteiger partial charge < -0.3 is 15.0 Å². The van der Waals surface area contributed by atoms with Gasteiger partial charge in [-0.1, -0.05) is 19.9 Å². The van der Waals surface area contributed by atoms with Crippen LogP contribution in [0.1, 0.15) is 44.0 Å². The number of aliphatic hydroxyl groups is 1. The van der Waals surface area contributed by atoms with Crippen molar-refractivity contribution in [3.05, 3.63) is 59.2 Å². The molecule has 0 fully saturated rings. The average Bonchev–Trinajstić information content (AvgIpc) is 3.08. The van der Waals surface area contributed by atoms with Crippen LogP contribution in [-0.2, 0) is 11.8 Å². The minimum Gasteiger partial charge on any atom is -0.380 e. The summed E-state index contributed by atoms with van der Waals surface area (Å²) >= 11 is 0. The minimum absolute atomic E-state index is 0.254. The average molecular weight is 452 g/mol. The van der Waals surface area contributed by atoms with E-state index in [4.69, 9.17) is 0 Å². The molecule has 8 heteroatoms. The molecule has 2 N–H and O–H groups in total. The van der Waals surface area contributed by atoms with E-state index >= 15 is 0 Å². The Labute approximate surface area is 185 Å². The van der Waals surface area contributed by atoms with Gasteiger partial charge in [0.2, 0.25) is 0 Å². The largest absolute Gasteiger partial charge is 0.417 e. The normalized spacial score (nSPS) is 14.6. The highest BCUT2D eigenvalue weighted by Crippen LogP contribution is 2.44. The molecule has 0 aliphatic carbocycles. The summed E-state index contributed by atoms with van der Waals surface area (Å²) in [6.07, 6.45) is -4.57. The van der Waals surface area contributed by atoms with Crippen molar-refractivity contribution < 1.29 is 22.7 Å². The first kappa shape index (κ1) is 24.0. The highest BCUT2D eigenvalue weighted by atomic mass is 19.4. The van der Waals surface area contributed by atoms with E-state index in [0.717, 1.165) is 11.9 Å². The number of benzene rings is 1. The second kappa shape index (κ2) is 8.39. The molecule has 32 heavy (non-hydrogen) atoms. The molecule has 0 amide bonds. The van der Waals surface area contributed by atoms with Gasteiger partial charge in [0, 0.05) is 31.1 Å². The fraction of sp³-hybridized carbons (Fsp3) is 0.458. The number of rotatable bonds is 7. The Hall–Kier alpha value is -2.61. The van der Waals surface area contributed by atoms with Crippen LogP contribution in [0.25, 0.3) is 10.9 Å². The van der Waals surface area contributed by atoms with Gasteiger partial charge in [-0.3, -0.25) is 0 Å². The molecule has 4 nitrogen and oxygen atoms in total. The molecule has 3 rings (SSSR count). The van der Waals surface area contributed by atoms with Crippen LogP contribution < -0.4 is 4.90 Å². The number of fused-ring (bicyclic) bond motifs is 1. The molecule has 0 aliphatic rings. The SMILES string of the molecule is CCN(C)c1cc2cc(CC(O)(CC(C)(C)c3cc(F)ccc3C)C(F)(F)F)[nH]c2cn1. The van der Waals surface area contributed by atoms with Crippen LogP contribution in [-0.4, -0.2) is 40.4 Å². The molecule has 0 bridgehead atoms. The van der Waals surface area contributed by atoms with Crippen molar-refractivity contribution in [1.82, 2.24) is 9.97 Å². The number of aromatic amines is 1. The molecule has 0 saturated heterocycles. The maximum absolute atomic E-state index is 14.1. The van der Waals surface area contributed by atoms with Crippen molar-refractivity contribution in [2.75, 3.05) is 18.5 Å². The summed E-state index contributed by atoms with van der Waals surface area (Å²) < 4.78 is 56.2. The lowest BCUT2D eigenvalue weighted by Gasteiger charge is -2.38. The van der Waals surface area contributed by atoms with E-state index < -0.39 is 35.9 Å². The van der Waals surface area contributed by atoms with Gasteiger partial charge in [0.05, 0.1) is 11.7 Å². The molecular weight excluding hydrogens is 422 g/mol. The number of H-pyrrole nitrogens is 1. The third kappa shape index (κ3) is 4.75. The molecule has 174 valence electrons. The number of alkyl halides is 3. The molecule has 2 aromatic heterocycles. The monoisotopic (exact) mass is 451 g/mol. The molecule has 2 heterocycles. The summed E-state index contributed by atoms with van der Waals surface area (Å²) in [5, 5.41) is 11.6. The van der Waals surface area contributed by atoms with E-state index in [1.165, 1.54) is 18.2 Å². The third-order valence-corrected chi connectivity index (χ3v) is 6.09. The smallest absolute Gasteiger partial charge is 0.380 e.